The maximum Gasteiger partial charge on any atom is 0.339 e. The van der Waals surface area contributed by atoms with E-state index in [0.29, 0.717) is 60.5 Å². The largest absolute Gasteiger partial charge is 0.456 e. The molecule has 7 atom stereocenters. The van der Waals surface area contributed by atoms with Crippen LogP contribution in [0.15, 0.2) is 42.0 Å². The van der Waals surface area contributed by atoms with Crippen molar-refractivity contribution >= 4 is 23.9 Å². The smallest absolute Gasteiger partial charge is 0.339 e. The number of carbonyl (C=O) groups is 3. The maximum atomic E-state index is 14.0. The SMILES string of the molecule is O=C(OC1CC(C(=O)N2CCCC2C(=O)NCCO)=CC2OC(C3CC3)(C3CC3)OC21)c1ccccc1C=CC1CCC2OC2C1. The molecule has 46 heavy (non-hydrogen) atoms. The normalized spacial score (nSPS) is 34.5. The number of esters is 1. The molecule has 2 amide bonds. The number of likely N-dealkylation sites (tertiary alicyclic amines) is 1. The summed E-state index contributed by atoms with van der Waals surface area (Å²) in [6.45, 7) is 0.444. The van der Waals surface area contributed by atoms with Crippen LogP contribution in [0, 0.1) is 17.8 Å². The lowest BCUT2D eigenvalue weighted by atomic mass is 9.88. The van der Waals surface area contributed by atoms with E-state index in [2.05, 4.69) is 11.4 Å². The summed E-state index contributed by atoms with van der Waals surface area (Å²) in [6.07, 6.45) is 14.0. The van der Waals surface area contributed by atoms with E-state index in [9.17, 15) is 19.5 Å². The Morgan fingerprint density at radius 1 is 1.02 bits per heavy atom. The Morgan fingerprint density at radius 2 is 1.83 bits per heavy atom. The number of aliphatic hydroxyl groups is 1. The number of amides is 2. The summed E-state index contributed by atoms with van der Waals surface area (Å²) in [4.78, 5) is 42.4. The third kappa shape index (κ3) is 5.82. The summed E-state index contributed by atoms with van der Waals surface area (Å²) in [6, 6.07) is 6.88. The topological polar surface area (TPSA) is 127 Å². The van der Waals surface area contributed by atoms with Gasteiger partial charge in [0.2, 0.25) is 11.8 Å². The zero-order valence-electron chi connectivity index (χ0n) is 26.2. The fourth-order valence-corrected chi connectivity index (χ4v) is 8.20. The molecule has 3 saturated heterocycles. The van der Waals surface area contributed by atoms with Crippen molar-refractivity contribution in [3.63, 3.8) is 0 Å². The number of nitrogens with zero attached hydrogens (tertiary/aromatic N) is 1. The summed E-state index contributed by atoms with van der Waals surface area (Å²) in [5, 5.41) is 11.9. The Hall–Kier alpha value is -3.05. The van der Waals surface area contributed by atoms with Gasteiger partial charge in [-0.25, -0.2) is 4.79 Å². The van der Waals surface area contributed by atoms with Crippen molar-refractivity contribution in [3.8, 4) is 0 Å². The highest BCUT2D eigenvalue weighted by Gasteiger charge is 2.64. The summed E-state index contributed by atoms with van der Waals surface area (Å²) in [5.41, 5.74) is 1.76. The molecular weight excluding hydrogens is 588 g/mol. The van der Waals surface area contributed by atoms with Crippen molar-refractivity contribution in [2.24, 2.45) is 17.8 Å². The van der Waals surface area contributed by atoms with Gasteiger partial charge >= 0.3 is 5.97 Å². The number of aliphatic hydroxyl groups excluding tert-OH is 1. The number of benzene rings is 1. The average Bonchev–Trinajstić information content (AvgIpc) is 3.99. The number of ether oxygens (including phenoxy) is 4. The second-order valence-electron chi connectivity index (χ2n) is 14.2. The minimum Gasteiger partial charge on any atom is -0.456 e. The molecule has 3 aliphatic heterocycles. The van der Waals surface area contributed by atoms with Crippen LogP contribution in [-0.2, 0) is 28.5 Å². The molecule has 1 aromatic rings. The highest BCUT2D eigenvalue weighted by molar-refractivity contribution is 5.98. The van der Waals surface area contributed by atoms with Crippen molar-refractivity contribution in [2.45, 2.75) is 107 Å². The standard InChI is InChI=1S/C36H44N2O8/c39-17-15-37-33(40)27-6-3-16-38(27)34(41)23-19-30(32-31(20-23)45-36(46-32,24-10-11-24)25-12-13-25)44-35(42)26-5-2-1-4-22(26)9-7-21-8-14-28-29(18-21)43-28/h1-2,4-5,7,9,20-21,24-25,27-32,39H,3,6,8,10-19H2,(H,37,40). The van der Waals surface area contributed by atoms with Gasteiger partial charge in [-0.2, -0.15) is 0 Å². The molecule has 0 bridgehead atoms. The van der Waals surface area contributed by atoms with Crippen molar-refractivity contribution in [3.05, 3.63) is 53.1 Å². The van der Waals surface area contributed by atoms with E-state index in [4.69, 9.17) is 18.9 Å². The number of hydrogen-bond donors (Lipinski definition) is 2. The lowest BCUT2D eigenvalue weighted by Gasteiger charge is -2.33. The van der Waals surface area contributed by atoms with Crippen LogP contribution in [0.2, 0.25) is 0 Å². The zero-order valence-corrected chi connectivity index (χ0v) is 26.2. The minimum absolute atomic E-state index is 0.143. The Morgan fingerprint density at radius 3 is 2.59 bits per heavy atom. The van der Waals surface area contributed by atoms with Crippen molar-refractivity contribution in [1.29, 1.82) is 0 Å². The van der Waals surface area contributed by atoms with Crippen molar-refractivity contribution in [2.75, 3.05) is 19.7 Å². The second kappa shape index (κ2) is 12.2. The van der Waals surface area contributed by atoms with Crippen LogP contribution in [0.25, 0.3) is 6.08 Å². The summed E-state index contributed by atoms with van der Waals surface area (Å²) < 4.78 is 25.5. The number of allylic oxidation sites excluding steroid dienone is 1. The van der Waals surface area contributed by atoms with Gasteiger partial charge in [-0.1, -0.05) is 30.4 Å². The first-order valence-electron chi connectivity index (χ1n) is 17.3. The Kier molecular flexibility index (Phi) is 8.03. The fraction of sp³-hybridized carbons (Fsp3) is 0.639. The monoisotopic (exact) mass is 632 g/mol. The molecule has 4 aliphatic carbocycles. The molecular formula is C36H44N2O8. The quantitative estimate of drug-likeness (QED) is 0.297. The van der Waals surface area contributed by atoms with Crippen molar-refractivity contribution in [1.82, 2.24) is 10.2 Å². The highest BCUT2D eigenvalue weighted by Crippen LogP contribution is 2.59. The Balaban J connectivity index is 1.03. The first kappa shape index (κ1) is 30.3. The maximum absolute atomic E-state index is 14.0. The number of fused-ring (bicyclic) bond motifs is 2. The van der Waals surface area contributed by atoms with Gasteiger partial charge in [0.15, 0.2) is 5.79 Å². The average molecular weight is 633 g/mol. The van der Waals surface area contributed by atoms with Gasteiger partial charge in [-0.05, 0) is 81.4 Å². The van der Waals surface area contributed by atoms with Crippen LogP contribution in [0.4, 0.5) is 0 Å². The van der Waals surface area contributed by atoms with E-state index < -0.39 is 36.1 Å². The van der Waals surface area contributed by atoms with E-state index in [1.165, 1.54) is 0 Å². The van der Waals surface area contributed by atoms with Gasteiger partial charge in [-0.3, -0.25) is 9.59 Å². The molecule has 0 radical (unpaired) electrons. The summed E-state index contributed by atoms with van der Waals surface area (Å²) >= 11 is 0. The van der Waals surface area contributed by atoms with Gasteiger partial charge < -0.3 is 34.3 Å². The Labute approximate surface area is 269 Å². The van der Waals surface area contributed by atoms with Crippen LogP contribution in [0.5, 0.6) is 0 Å². The van der Waals surface area contributed by atoms with Crippen molar-refractivity contribution < 1.29 is 38.4 Å². The molecule has 10 nitrogen and oxygen atoms in total. The highest BCUT2D eigenvalue weighted by atomic mass is 16.8. The molecule has 7 aliphatic rings. The predicted molar refractivity (Wildman–Crippen MR) is 166 cm³/mol. The number of hydrogen-bond acceptors (Lipinski definition) is 8. The second-order valence-corrected chi connectivity index (χ2v) is 14.2. The number of carbonyl (C=O) groups excluding carboxylic acids is 3. The molecule has 1 aromatic carbocycles. The van der Waals surface area contributed by atoms with Crippen LogP contribution >= 0.6 is 0 Å². The van der Waals surface area contributed by atoms with E-state index in [0.717, 1.165) is 50.5 Å². The molecule has 2 N–H and O–H groups in total. The van der Waals surface area contributed by atoms with Gasteiger partial charge in [0.25, 0.3) is 0 Å². The molecule has 246 valence electrons. The number of rotatable bonds is 10. The van der Waals surface area contributed by atoms with Crippen LogP contribution in [0.1, 0.15) is 80.1 Å². The zero-order chi connectivity index (χ0) is 31.4. The predicted octanol–water partition coefficient (Wildman–Crippen LogP) is 3.52. The molecule has 0 spiro atoms. The molecule has 0 aromatic heterocycles. The van der Waals surface area contributed by atoms with Crippen LogP contribution < -0.4 is 5.32 Å². The van der Waals surface area contributed by atoms with Gasteiger partial charge in [0.05, 0.1) is 24.4 Å². The molecule has 3 heterocycles. The summed E-state index contributed by atoms with van der Waals surface area (Å²) in [7, 11) is 0. The molecule has 8 rings (SSSR count). The van der Waals surface area contributed by atoms with Gasteiger partial charge in [0.1, 0.15) is 24.4 Å². The minimum atomic E-state index is -0.718. The van der Waals surface area contributed by atoms with Crippen LogP contribution in [0.3, 0.4) is 0 Å². The third-order valence-corrected chi connectivity index (χ3v) is 10.9. The summed E-state index contributed by atoms with van der Waals surface area (Å²) in [5.74, 6) is -0.593. The fourth-order valence-electron chi connectivity index (χ4n) is 8.20. The van der Waals surface area contributed by atoms with Gasteiger partial charge in [0, 0.05) is 36.9 Å². The molecule has 7 unspecified atom stereocenters. The molecule has 3 saturated carbocycles. The van der Waals surface area contributed by atoms with Gasteiger partial charge in [-0.15, -0.1) is 0 Å². The Bertz CT molecular complexity index is 1420. The molecule has 10 heteroatoms. The van der Waals surface area contributed by atoms with E-state index >= 15 is 0 Å². The number of epoxide rings is 1. The lowest BCUT2D eigenvalue weighted by molar-refractivity contribution is -0.209. The first-order valence-corrected chi connectivity index (χ1v) is 17.3. The van der Waals surface area contributed by atoms with E-state index in [1.54, 1.807) is 11.0 Å². The van der Waals surface area contributed by atoms with Crippen LogP contribution in [-0.4, -0.2) is 89.8 Å². The lowest BCUT2D eigenvalue weighted by Crippen LogP contribution is -2.49. The van der Waals surface area contributed by atoms with E-state index in [1.807, 2.05) is 30.4 Å². The molecule has 6 fully saturated rings. The van der Waals surface area contributed by atoms with E-state index in [-0.39, 0.29) is 31.4 Å². The first-order chi connectivity index (χ1) is 22.4. The third-order valence-electron chi connectivity index (χ3n) is 10.9. The number of nitrogens with one attached hydrogen (secondary N) is 1.